The lowest BCUT2D eigenvalue weighted by molar-refractivity contribution is 0.0690. The average Bonchev–Trinajstić information content (AvgIpc) is 2.34. The van der Waals surface area contributed by atoms with Crippen molar-refractivity contribution < 1.29 is 23.4 Å². The van der Waals surface area contributed by atoms with Crippen LogP contribution >= 0.6 is 0 Å². The quantitative estimate of drug-likeness (QED) is 0.850. The summed E-state index contributed by atoms with van der Waals surface area (Å²) >= 11 is 0. The minimum Gasteiger partial charge on any atom is -0.478 e. The van der Waals surface area contributed by atoms with E-state index in [1.807, 2.05) is 0 Å². The number of carboxylic acid groups (broad SMARTS) is 1. The van der Waals surface area contributed by atoms with Crippen LogP contribution in [-0.2, 0) is 4.74 Å². The van der Waals surface area contributed by atoms with Gasteiger partial charge in [0.15, 0.2) is 11.6 Å². The van der Waals surface area contributed by atoms with Crippen molar-refractivity contribution in [2.45, 2.75) is 6.92 Å². The molecule has 0 fully saturated rings. The Bertz CT molecular complexity index is 438. The molecule has 4 nitrogen and oxygen atoms in total. The number of rotatable bonds is 6. The van der Waals surface area contributed by atoms with Gasteiger partial charge in [-0.05, 0) is 19.1 Å². The number of carboxylic acids is 1. The molecule has 0 aliphatic rings. The van der Waals surface area contributed by atoms with Crippen molar-refractivity contribution in [2.24, 2.45) is 0 Å². The molecule has 0 saturated heterocycles. The maximum Gasteiger partial charge on any atom is 0.338 e. The molecule has 0 atom stereocenters. The van der Waals surface area contributed by atoms with Crippen LogP contribution in [0.3, 0.4) is 0 Å². The number of methoxy groups -OCH3 is 1. The lowest BCUT2D eigenvalue weighted by Gasteiger charge is -2.23. The Morgan fingerprint density at radius 3 is 2.56 bits per heavy atom. The number of ether oxygens (including phenoxy) is 1. The molecule has 0 bridgehead atoms. The van der Waals surface area contributed by atoms with Crippen molar-refractivity contribution >= 4 is 11.7 Å². The third-order valence-electron chi connectivity index (χ3n) is 2.58. The van der Waals surface area contributed by atoms with Crippen LogP contribution in [0.25, 0.3) is 0 Å². The number of aromatic carboxylic acids is 1. The summed E-state index contributed by atoms with van der Waals surface area (Å²) in [5.41, 5.74) is -0.629. The summed E-state index contributed by atoms with van der Waals surface area (Å²) in [5, 5.41) is 8.68. The van der Waals surface area contributed by atoms with Gasteiger partial charge in [0, 0.05) is 20.2 Å². The van der Waals surface area contributed by atoms with Gasteiger partial charge in [-0.2, -0.15) is 0 Å². The Kier molecular flexibility index (Phi) is 5.03. The molecule has 6 heteroatoms. The molecular weight excluding hydrogens is 244 g/mol. The van der Waals surface area contributed by atoms with Gasteiger partial charge in [-0.1, -0.05) is 0 Å². The number of hydrogen-bond acceptors (Lipinski definition) is 3. The maximum absolute atomic E-state index is 13.8. The van der Waals surface area contributed by atoms with Crippen LogP contribution < -0.4 is 4.90 Å². The summed E-state index contributed by atoms with van der Waals surface area (Å²) in [4.78, 5) is 12.2. The second-order valence-corrected chi connectivity index (χ2v) is 3.64. The topological polar surface area (TPSA) is 49.8 Å². The number of hydrogen-bond donors (Lipinski definition) is 1. The zero-order valence-corrected chi connectivity index (χ0v) is 10.2. The summed E-state index contributed by atoms with van der Waals surface area (Å²) < 4.78 is 32.2. The fourth-order valence-corrected chi connectivity index (χ4v) is 1.60. The molecule has 0 aliphatic carbocycles. The standard InChI is InChI=1S/C12H15F2NO3/c1-3-15(6-7-18-2)9-5-4-8(12(16)17)10(13)11(9)14/h4-5H,3,6-7H2,1-2H3,(H,16,17). The van der Waals surface area contributed by atoms with Crippen molar-refractivity contribution in [2.75, 3.05) is 31.7 Å². The van der Waals surface area contributed by atoms with Crippen LogP contribution in [0.1, 0.15) is 17.3 Å². The Morgan fingerprint density at radius 1 is 1.39 bits per heavy atom. The lowest BCUT2D eigenvalue weighted by atomic mass is 10.1. The maximum atomic E-state index is 13.8. The number of benzene rings is 1. The predicted molar refractivity (Wildman–Crippen MR) is 63.1 cm³/mol. The van der Waals surface area contributed by atoms with Crippen molar-refractivity contribution in [1.29, 1.82) is 0 Å². The minimum absolute atomic E-state index is 0.0389. The molecule has 0 radical (unpaired) electrons. The second-order valence-electron chi connectivity index (χ2n) is 3.64. The van der Waals surface area contributed by atoms with Crippen LogP contribution in [0.5, 0.6) is 0 Å². The number of likely N-dealkylation sites (N-methyl/N-ethyl adjacent to an activating group) is 1. The fourth-order valence-electron chi connectivity index (χ4n) is 1.60. The van der Waals surface area contributed by atoms with Gasteiger partial charge >= 0.3 is 5.97 Å². The van der Waals surface area contributed by atoms with Crippen LogP contribution in [0.15, 0.2) is 12.1 Å². The molecule has 0 aromatic heterocycles. The van der Waals surface area contributed by atoms with Gasteiger partial charge in [0.1, 0.15) is 0 Å². The zero-order valence-electron chi connectivity index (χ0n) is 10.2. The Labute approximate surface area is 104 Å². The summed E-state index contributed by atoms with van der Waals surface area (Å²) in [5.74, 6) is -3.97. The van der Waals surface area contributed by atoms with Gasteiger partial charge in [-0.15, -0.1) is 0 Å². The normalized spacial score (nSPS) is 10.4. The first-order valence-electron chi connectivity index (χ1n) is 5.48. The molecule has 1 aromatic rings. The highest BCUT2D eigenvalue weighted by molar-refractivity contribution is 5.88. The molecule has 0 aliphatic heterocycles. The summed E-state index contributed by atoms with van der Waals surface area (Å²) in [6.07, 6.45) is 0. The van der Waals surface area contributed by atoms with E-state index >= 15 is 0 Å². The molecule has 1 N–H and O–H groups in total. The Morgan fingerprint density at radius 2 is 2.06 bits per heavy atom. The Hall–Kier alpha value is -1.69. The van der Waals surface area contributed by atoms with Crippen molar-refractivity contribution in [3.05, 3.63) is 29.3 Å². The first-order chi connectivity index (χ1) is 8.52. The van der Waals surface area contributed by atoms with E-state index in [9.17, 15) is 13.6 Å². The number of anilines is 1. The smallest absolute Gasteiger partial charge is 0.338 e. The third kappa shape index (κ3) is 2.95. The summed E-state index contributed by atoms with van der Waals surface area (Å²) in [6, 6.07) is 2.33. The highest BCUT2D eigenvalue weighted by Gasteiger charge is 2.20. The second kappa shape index (κ2) is 6.30. The molecule has 1 rings (SSSR count). The number of nitrogens with zero attached hydrogens (tertiary/aromatic N) is 1. The monoisotopic (exact) mass is 259 g/mol. The largest absolute Gasteiger partial charge is 0.478 e. The van der Waals surface area contributed by atoms with Crippen LogP contribution in [-0.4, -0.2) is 37.9 Å². The zero-order chi connectivity index (χ0) is 13.7. The van der Waals surface area contributed by atoms with Gasteiger partial charge in [0.2, 0.25) is 0 Å². The van der Waals surface area contributed by atoms with Gasteiger partial charge in [0.25, 0.3) is 0 Å². The Balaban J connectivity index is 3.09. The molecule has 0 amide bonds. The van der Waals surface area contributed by atoms with E-state index in [0.717, 1.165) is 6.07 Å². The van der Waals surface area contributed by atoms with E-state index in [-0.39, 0.29) is 5.69 Å². The van der Waals surface area contributed by atoms with Crippen LogP contribution in [0, 0.1) is 11.6 Å². The van der Waals surface area contributed by atoms with Crippen molar-refractivity contribution in [1.82, 2.24) is 0 Å². The molecule has 0 spiro atoms. The van der Waals surface area contributed by atoms with Crippen molar-refractivity contribution in [3.63, 3.8) is 0 Å². The molecule has 18 heavy (non-hydrogen) atoms. The predicted octanol–water partition coefficient (Wildman–Crippen LogP) is 2.14. The first kappa shape index (κ1) is 14.4. The summed E-state index contributed by atoms with van der Waals surface area (Å²) in [7, 11) is 1.51. The number of carbonyl (C=O) groups is 1. The van der Waals surface area contributed by atoms with E-state index in [2.05, 4.69) is 0 Å². The molecule has 0 unspecified atom stereocenters. The summed E-state index contributed by atoms with van der Waals surface area (Å²) in [6.45, 7) is 3.02. The lowest BCUT2D eigenvalue weighted by Crippen LogP contribution is -2.28. The average molecular weight is 259 g/mol. The van der Waals surface area contributed by atoms with E-state index < -0.39 is 23.2 Å². The molecule has 100 valence electrons. The van der Waals surface area contributed by atoms with E-state index in [1.165, 1.54) is 13.2 Å². The van der Waals surface area contributed by atoms with E-state index in [4.69, 9.17) is 9.84 Å². The first-order valence-corrected chi connectivity index (χ1v) is 5.48. The highest BCUT2D eigenvalue weighted by atomic mass is 19.2. The van der Waals surface area contributed by atoms with Gasteiger partial charge < -0.3 is 14.7 Å². The molecular formula is C12H15F2NO3. The molecule has 0 saturated carbocycles. The molecule has 0 heterocycles. The van der Waals surface area contributed by atoms with Gasteiger partial charge in [-0.3, -0.25) is 0 Å². The fraction of sp³-hybridized carbons (Fsp3) is 0.417. The SMILES string of the molecule is CCN(CCOC)c1ccc(C(=O)O)c(F)c1F. The van der Waals surface area contributed by atoms with Crippen molar-refractivity contribution in [3.8, 4) is 0 Å². The van der Waals surface area contributed by atoms with Crippen LogP contribution in [0.2, 0.25) is 0 Å². The van der Waals surface area contributed by atoms with Gasteiger partial charge in [-0.25, -0.2) is 13.6 Å². The van der Waals surface area contributed by atoms with Crippen LogP contribution in [0.4, 0.5) is 14.5 Å². The third-order valence-corrected chi connectivity index (χ3v) is 2.58. The van der Waals surface area contributed by atoms with E-state index in [0.29, 0.717) is 19.7 Å². The molecule has 1 aromatic carbocycles. The number of halogens is 2. The highest BCUT2D eigenvalue weighted by Crippen LogP contribution is 2.24. The minimum atomic E-state index is -1.49. The van der Waals surface area contributed by atoms with E-state index in [1.54, 1.807) is 11.8 Å². The van der Waals surface area contributed by atoms with Gasteiger partial charge in [0.05, 0.1) is 17.9 Å².